The monoisotopic (exact) mass is 532 g/mol. The molecule has 13 heteroatoms. The maximum absolute atomic E-state index is 14.1. The lowest BCUT2D eigenvalue weighted by Gasteiger charge is -2.18. The van der Waals surface area contributed by atoms with Crippen LogP contribution in [0.4, 0.5) is 34.6 Å². The molecule has 8 nitrogen and oxygen atoms in total. The fourth-order valence-electron chi connectivity index (χ4n) is 3.63. The predicted molar refractivity (Wildman–Crippen MR) is 129 cm³/mol. The standard InChI is InChI=1S/C24H17ClF4N6O2/c1-36-22-16(23(37-2)34-11-33-22)10-31-14-5-15-20(35-13-3-4-19(26)18(25)7-13)12(8-30)9-32-21(15)17(6-14)24(27,28)29/h3-7,9,11,31H,10H2,1-2H3,(H,32,35). The van der Waals surface area contributed by atoms with Crippen molar-refractivity contribution >= 4 is 39.6 Å². The fraction of sp³-hybridized carbons (Fsp3) is 0.167. The number of nitrogens with one attached hydrogen (secondary N) is 2. The van der Waals surface area contributed by atoms with Gasteiger partial charge in [-0.2, -0.15) is 18.4 Å². The number of hydrogen-bond donors (Lipinski definition) is 2. The normalized spacial score (nSPS) is 11.2. The summed E-state index contributed by atoms with van der Waals surface area (Å²) in [6, 6.07) is 7.92. The molecule has 0 spiro atoms. The molecule has 2 N–H and O–H groups in total. The average Bonchev–Trinajstić information content (AvgIpc) is 2.88. The van der Waals surface area contributed by atoms with Gasteiger partial charge in [0.05, 0.1) is 53.7 Å². The van der Waals surface area contributed by atoms with E-state index in [4.69, 9.17) is 21.1 Å². The molecule has 2 heterocycles. The lowest BCUT2D eigenvalue weighted by atomic mass is 10.0. The molecule has 0 bridgehead atoms. The van der Waals surface area contributed by atoms with Crippen molar-refractivity contribution in [3.63, 3.8) is 0 Å². The number of halogens is 5. The third-order valence-electron chi connectivity index (χ3n) is 5.31. The molecule has 0 fully saturated rings. The zero-order valence-electron chi connectivity index (χ0n) is 19.2. The highest BCUT2D eigenvalue weighted by Crippen LogP contribution is 2.40. The molecule has 2 aromatic heterocycles. The van der Waals surface area contributed by atoms with Crippen LogP contribution in [0.25, 0.3) is 10.9 Å². The van der Waals surface area contributed by atoms with Crippen LogP contribution in [0.15, 0.2) is 42.9 Å². The van der Waals surface area contributed by atoms with E-state index in [1.165, 1.54) is 38.7 Å². The van der Waals surface area contributed by atoms with Gasteiger partial charge < -0.3 is 20.1 Å². The van der Waals surface area contributed by atoms with Crippen LogP contribution in [-0.4, -0.2) is 29.2 Å². The molecule has 4 aromatic rings. The second-order valence-electron chi connectivity index (χ2n) is 7.55. The van der Waals surface area contributed by atoms with Gasteiger partial charge in [0.2, 0.25) is 11.8 Å². The number of ether oxygens (including phenoxy) is 2. The van der Waals surface area contributed by atoms with Crippen molar-refractivity contribution in [2.75, 3.05) is 24.9 Å². The number of fused-ring (bicyclic) bond motifs is 1. The number of hydrogen-bond acceptors (Lipinski definition) is 8. The SMILES string of the molecule is COc1ncnc(OC)c1CNc1cc(C(F)(F)F)c2ncc(C#N)c(Nc3ccc(F)c(Cl)c3)c2c1. The summed E-state index contributed by atoms with van der Waals surface area (Å²) in [6.45, 7) is -0.0440. The molecule has 0 saturated carbocycles. The first kappa shape index (κ1) is 25.7. The first-order valence-corrected chi connectivity index (χ1v) is 10.9. The Morgan fingerprint density at radius 1 is 1.03 bits per heavy atom. The third kappa shape index (κ3) is 5.26. The van der Waals surface area contributed by atoms with Crippen LogP contribution >= 0.6 is 11.6 Å². The van der Waals surface area contributed by atoms with Gasteiger partial charge in [-0.15, -0.1) is 0 Å². The number of pyridine rings is 1. The van der Waals surface area contributed by atoms with Gasteiger partial charge in [-0.05, 0) is 30.3 Å². The van der Waals surface area contributed by atoms with Gasteiger partial charge in [-0.1, -0.05) is 11.6 Å². The maximum atomic E-state index is 14.1. The maximum Gasteiger partial charge on any atom is 0.418 e. The van der Waals surface area contributed by atoms with Gasteiger partial charge in [0.25, 0.3) is 0 Å². The highest BCUT2D eigenvalue weighted by Gasteiger charge is 2.34. The Morgan fingerprint density at radius 3 is 2.32 bits per heavy atom. The number of nitriles is 1. The lowest BCUT2D eigenvalue weighted by molar-refractivity contribution is -0.136. The summed E-state index contributed by atoms with van der Waals surface area (Å²) in [5.41, 5.74) is -0.695. The number of rotatable bonds is 7. The number of anilines is 3. The Kier molecular flexibility index (Phi) is 7.17. The van der Waals surface area contributed by atoms with Crippen LogP contribution in [0.1, 0.15) is 16.7 Å². The average molecular weight is 533 g/mol. The third-order valence-corrected chi connectivity index (χ3v) is 5.60. The summed E-state index contributed by atoms with van der Waals surface area (Å²) in [5.74, 6) is -0.311. The van der Waals surface area contributed by atoms with Gasteiger partial charge in [0.1, 0.15) is 18.2 Å². The number of alkyl halides is 3. The number of benzene rings is 2. The van der Waals surface area contributed by atoms with Crippen molar-refractivity contribution in [2.45, 2.75) is 12.7 Å². The summed E-state index contributed by atoms with van der Waals surface area (Å²) in [5, 5.41) is 15.2. The molecular formula is C24H17ClF4N6O2. The van der Waals surface area contributed by atoms with Gasteiger partial charge in [0.15, 0.2) is 0 Å². The molecule has 4 rings (SSSR count). The molecule has 0 aliphatic heterocycles. The smallest absolute Gasteiger partial charge is 0.418 e. The van der Waals surface area contributed by atoms with E-state index in [0.717, 1.165) is 18.3 Å². The second kappa shape index (κ2) is 10.3. The molecule has 2 aromatic carbocycles. The molecule has 37 heavy (non-hydrogen) atoms. The minimum absolute atomic E-state index is 0.0000594. The van der Waals surface area contributed by atoms with Crippen molar-refractivity contribution < 1.29 is 27.0 Å². The minimum Gasteiger partial charge on any atom is -0.481 e. The molecule has 0 unspecified atom stereocenters. The van der Waals surface area contributed by atoms with Crippen molar-refractivity contribution in [3.05, 3.63) is 70.4 Å². The summed E-state index contributed by atoms with van der Waals surface area (Å²) >= 11 is 5.85. The molecule has 190 valence electrons. The summed E-state index contributed by atoms with van der Waals surface area (Å²) in [7, 11) is 2.77. The first-order valence-electron chi connectivity index (χ1n) is 10.5. The molecule has 0 radical (unpaired) electrons. The van der Waals surface area contributed by atoms with E-state index < -0.39 is 17.6 Å². The molecule has 0 aliphatic carbocycles. The summed E-state index contributed by atoms with van der Waals surface area (Å²) < 4.78 is 66.2. The highest BCUT2D eigenvalue weighted by molar-refractivity contribution is 6.31. The predicted octanol–water partition coefficient (Wildman–Crippen LogP) is 6.08. The molecule has 0 atom stereocenters. The Labute approximate surface area is 212 Å². The molecule has 0 saturated heterocycles. The van der Waals surface area contributed by atoms with E-state index in [9.17, 15) is 22.8 Å². The van der Waals surface area contributed by atoms with Crippen molar-refractivity contribution in [1.82, 2.24) is 15.0 Å². The largest absolute Gasteiger partial charge is 0.481 e. The molecule has 0 amide bonds. The molecular weight excluding hydrogens is 516 g/mol. The van der Waals surface area contributed by atoms with Gasteiger partial charge in [-0.3, -0.25) is 4.98 Å². The lowest BCUT2D eigenvalue weighted by Crippen LogP contribution is -2.11. The summed E-state index contributed by atoms with van der Waals surface area (Å²) in [6.07, 6.45) is -2.50. The van der Waals surface area contributed by atoms with Crippen LogP contribution in [0, 0.1) is 17.1 Å². The second-order valence-corrected chi connectivity index (χ2v) is 7.96. The zero-order chi connectivity index (χ0) is 26.7. The van der Waals surface area contributed by atoms with E-state index in [2.05, 4.69) is 25.6 Å². The molecule has 0 aliphatic rings. The van der Waals surface area contributed by atoms with Crippen LogP contribution in [-0.2, 0) is 12.7 Å². The zero-order valence-corrected chi connectivity index (χ0v) is 20.0. The summed E-state index contributed by atoms with van der Waals surface area (Å²) in [4.78, 5) is 11.9. The highest BCUT2D eigenvalue weighted by atomic mass is 35.5. The Hall–Kier alpha value is -4.37. The Morgan fingerprint density at radius 2 is 1.73 bits per heavy atom. The van der Waals surface area contributed by atoms with Gasteiger partial charge in [-0.25, -0.2) is 14.4 Å². The van der Waals surface area contributed by atoms with E-state index in [0.29, 0.717) is 5.56 Å². The number of nitrogens with zero attached hydrogens (tertiary/aromatic N) is 4. The van der Waals surface area contributed by atoms with Gasteiger partial charge in [0, 0.05) is 23.0 Å². The quantitative estimate of drug-likeness (QED) is 0.276. The Balaban J connectivity index is 1.86. The van der Waals surface area contributed by atoms with E-state index in [-0.39, 0.29) is 56.9 Å². The van der Waals surface area contributed by atoms with Crippen LogP contribution in [0.3, 0.4) is 0 Å². The van der Waals surface area contributed by atoms with Gasteiger partial charge >= 0.3 is 6.18 Å². The number of methoxy groups -OCH3 is 2. The van der Waals surface area contributed by atoms with Crippen molar-refractivity contribution in [2.24, 2.45) is 0 Å². The van der Waals surface area contributed by atoms with E-state index in [1.54, 1.807) is 0 Å². The topological polar surface area (TPSA) is 105 Å². The van der Waals surface area contributed by atoms with E-state index >= 15 is 0 Å². The first-order chi connectivity index (χ1) is 17.7. The fourth-order valence-corrected chi connectivity index (χ4v) is 3.81. The minimum atomic E-state index is -4.77. The Bertz CT molecular complexity index is 1500. The van der Waals surface area contributed by atoms with Crippen molar-refractivity contribution in [3.8, 4) is 17.8 Å². The van der Waals surface area contributed by atoms with Crippen LogP contribution in [0.2, 0.25) is 5.02 Å². The van der Waals surface area contributed by atoms with Crippen LogP contribution < -0.4 is 20.1 Å². The number of aromatic nitrogens is 3. The van der Waals surface area contributed by atoms with Crippen molar-refractivity contribution in [1.29, 1.82) is 5.26 Å². The van der Waals surface area contributed by atoms with E-state index in [1.807, 2.05) is 6.07 Å². The van der Waals surface area contributed by atoms with Crippen LogP contribution in [0.5, 0.6) is 11.8 Å².